The molecule has 1 fully saturated rings. The van der Waals surface area contributed by atoms with Gasteiger partial charge in [-0.05, 0) is 31.5 Å². The maximum absolute atomic E-state index is 13.6. The number of rotatable bonds is 3. The van der Waals surface area contributed by atoms with Gasteiger partial charge in [-0.2, -0.15) is 0 Å². The summed E-state index contributed by atoms with van der Waals surface area (Å²) in [6.07, 6.45) is 1.37. The van der Waals surface area contributed by atoms with Gasteiger partial charge in [-0.3, -0.25) is 4.79 Å². The summed E-state index contributed by atoms with van der Waals surface area (Å²) in [6.45, 7) is 3.26. The molecule has 1 atom stereocenters. The van der Waals surface area contributed by atoms with Crippen molar-refractivity contribution >= 4 is 5.78 Å². The highest BCUT2D eigenvalue weighted by Gasteiger charge is 2.40. The maximum atomic E-state index is 13.6. The van der Waals surface area contributed by atoms with E-state index in [4.69, 9.17) is 0 Å². The second kappa shape index (κ2) is 4.53. The van der Waals surface area contributed by atoms with E-state index in [-0.39, 0.29) is 11.3 Å². The zero-order valence-corrected chi connectivity index (χ0v) is 9.72. The van der Waals surface area contributed by atoms with Crippen molar-refractivity contribution < 1.29 is 13.6 Å². The van der Waals surface area contributed by atoms with E-state index in [9.17, 15) is 13.6 Å². The minimum absolute atomic E-state index is 0.00282. The third-order valence-corrected chi connectivity index (χ3v) is 3.58. The molecule has 1 aromatic carbocycles. The van der Waals surface area contributed by atoms with Crippen LogP contribution in [0.3, 0.4) is 0 Å². The van der Waals surface area contributed by atoms with E-state index in [1.54, 1.807) is 0 Å². The summed E-state index contributed by atoms with van der Waals surface area (Å²) in [5.74, 6) is -1.65. The lowest BCUT2D eigenvalue weighted by Crippen LogP contribution is -2.33. The second-order valence-electron chi connectivity index (χ2n) is 4.51. The normalized spacial score (nSPS) is 23.9. The summed E-state index contributed by atoms with van der Waals surface area (Å²) in [5.41, 5.74) is -0.532. The molecule has 0 aliphatic carbocycles. The number of Topliss-reactive ketones (excluding diaryl/α,β-unsaturated/α-hetero) is 1. The first kappa shape index (κ1) is 12.2. The van der Waals surface area contributed by atoms with Crippen LogP contribution in [0.25, 0.3) is 0 Å². The van der Waals surface area contributed by atoms with Crippen molar-refractivity contribution in [2.75, 3.05) is 13.1 Å². The molecule has 2 nitrogen and oxygen atoms in total. The van der Waals surface area contributed by atoms with Gasteiger partial charge in [-0.1, -0.05) is 6.92 Å². The summed E-state index contributed by atoms with van der Waals surface area (Å²) in [5, 5.41) is 3.13. The first-order chi connectivity index (χ1) is 8.09. The molecule has 0 radical (unpaired) electrons. The molecule has 92 valence electrons. The molecule has 1 aliphatic heterocycles. The first-order valence-corrected chi connectivity index (χ1v) is 5.79. The molecule has 4 heteroatoms. The van der Waals surface area contributed by atoms with Crippen LogP contribution in [0.2, 0.25) is 0 Å². The molecule has 1 aliphatic rings. The number of halogens is 2. The van der Waals surface area contributed by atoms with Crippen LogP contribution >= 0.6 is 0 Å². The van der Waals surface area contributed by atoms with Crippen molar-refractivity contribution in [3.05, 3.63) is 35.4 Å². The van der Waals surface area contributed by atoms with Gasteiger partial charge in [0.25, 0.3) is 0 Å². The van der Waals surface area contributed by atoms with Crippen molar-refractivity contribution in [3.8, 4) is 0 Å². The quantitative estimate of drug-likeness (QED) is 0.821. The lowest BCUT2D eigenvalue weighted by molar-refractivity contribution is 0.0806. The topological polar surface area (TPSA) is 29.1 Å². The Hall–Kier alpha value is -1.29. The minimum atomic E-state index is -0.769. The van der Waals surface area contributed by atoms with E-state index < -0.39 is 17.0 Å². The van der Waals surface area contributed by atoms with Gasteiger partial charge in [-0.15, -0.1) is 0 Å². The molecule has 0 bridgehead atoms. The van der Waals surface area contributed by atoms with Gasteiger partial charge < -0.3 is 5.32 Å². The van der Waals surface area contributed by atoms with Crippen LogP contribution in [0.4, 0.5) is 8.78 Å². The number of nitrogens with one attached hydrogen (secondary N) is 1. The zero-order valence-electron chi connectivity index (χ0n) is 9.72. The molecule has 1 aromatic rings. The summed E-state index contributed by atoms with van der Waals surface area (Å²) in [4.78, 5) is 12.3. The summed E-state index contributed by atoms with van der Waals surface area (Å²) < 4.78 is 26.4. The smallest absolute Gasteiger partial charge is 0.173 e. The van der Waals surface area contributed by atoms with Gasteiger partial charge in [-0.25, -0.2) is 8.78 Å². The predicted octanol–water partition coefficient (Wildman–Crippen LogP) is 2.54. The Bertz CT molecular complexity index is 439. The standard InChI is InChI=1S/C13H15F2NO/c1-2-13(5-6-16-8-13)12(17)10-4-3-9(14)7-11(10)15/h3-4,7,16H,2,5-6,8H2,1H3. The predicted molar refractivity (Wildman–Crippen MR) is 60.9 cm³/mol. The van der Waals surface area contributed by atoms with Crippen LogP contribution in [0.5, 0.6) is 0 Å². The van der Waals surface area contributed by atoms with Crippen LogP contribution in [0.1, 0.15) is 30.1 Å². The van der Waals surface area contributed by atoms with Crippen LogP contribution in [0.15, 0.2) is 18.2 Å². The number of hydrogen-bond acceptors (Lipinski definition) is 2. The highest BCUT2D eigenvalue weighted by molar-refractivity contribution is 6.01. The van der Waals surface area contributed by atoms with E-state index in [1.165, 1.54) is 6.07 Å². The molecule has 1 unspecified atom stereocenters. The molecule has 0 amide bonds. The molecule has 2 rings (SSSR count). The Morgan fingerprint density at radius 3 is 2.76 bits per heavy atom. The Balaban J connectivity index is 2.36. The summed E-state index contributed by atoms with van der Waals surface area (Å²) in [7, 11) is 0. The number of hydrogen-bond donors (Lipinski definition) is 1. The van der Waals surface area contributed by atoms with Gasteiger partial charge in [0.1, 0.15) is 11.6 Å². The third kappa shape index (κ3) is 2.09. The molecule has 1 heterocycles. The zero-order chi connectivity index (χ0) is 12.5. The van der Waals surface area contributed by atoms with Crippen LogP contribution in [0, 0.1) is 17.0 Å². The fraction of sp³-hybridized carbons (Fsp3) is 0.462. The molecule has 0 aromatic heterocycles. The van der Waals surface area contributed by atoms with Crippen molar-refractivity contribution in [2.24, 2.45) is 5.41 Å². The van der Waals surface area contributed by atoms with Crippen molar-refractivity contribution in [3.63, 3.8) is 0 Å². The number of benzene rings is 1. The number of carbonyl (C=O) groups is 1. The number of carbonyl (C=O) groups excluding carboxylic acids is 1. The average molecular weight is 239 g/mol. The van der Waals surface area contributed by atoms with Crippen molar-refractivity contribution in [2.45, 2.75) is 19.8 Å². The van der Waals surface area contributed by atoms with E-state index in [1.807, 2.05) is 6.92 Å². The van der Waals surface area contributed by atoms with Gasteiger partial charge in [0, 0.05) is 18.0 Å². The first-order valence-electron chi connectivity index (χ1n) is 5.79. The fourth-order valence-corrected chi connectivity index (χ4v) is 2.36. The highest BCUT2D eigenvalue weighted by Crippen LogP contribution is 2.34. The molecule has 0 saturated carbocycles. The summed E-state index contributed by atoms with van der Waals surface area (Å²) in [6, 6.07) is 3.13. The van der Waals surface area contributed by atoms with Gasteiger partial charge in [0.2, 0.25) is 0 Å². The van der Waals surface area contributed by atoms with E-state index in [0.29, 0.717) is 19.4 Å². The lowest BCUT2D eigenvalue weighted by Gasteiger charge is -2.25. The second-order valence-corrected chi connectivity index (χ2v) is 4.51. The SMILES string of the molecule is CCC1(C(=O)c2ccc(F)cc2F)CCNC1. The summed E-state index contributed by atoms with van der Waals surface area (Å²) >= 11 is 0. The minimum Gasteiger partial charge on any atom is -0.316 e. The molecule has 1 N–H and O–H groups in total. The molecule has 17 heavy (non-hydrogen) atoms. The maximum Gasteiger partial charge on any atom is 0.173 e. The molecular formula is C13H15F2NO. The molecule has 0 spiro atoms. The van der Waals surface area contributed by atoms with Gasteiger partial charge in [0.05, 0.1) is 5.56 Å². The Labute approximate surface area is 99.0 Å². The Kier molecular flexibility index (Phi) is 3.24. The van der Waals surface area contributed by atoms with E-state index in [0.717, 1.165) is 18.7 Å². The Morgan fingerprint density at radius 1 is 1.47 bits per heavy atom. The molecular weight excluding hydrogens is 224 g/mol. The van der Waals surface area contributed by atoms with E-state index in [2.05, 4.69) is 5.32 Å². The lowest BCUT2D eigenvalue weighted by atomic mass is 9.77. The van der Waals surface area contributed by atoms with E-state index >= 15 is 0 Å². The van der Waals surface area contributed by atoms with Gasteiger partial charge >= 0.3 is 0 Å². The number of ketones is 1. The third-order valence-electron chi connectivity index (χ3n) is 3.58. The largest absolute Gasteiger partial charge is 0.316 e. The van der Waals surface area contributed by atoms with Crippen molar-refractivity contribution in [1.29, 1.82) is 0 Å². The average Bonchev–Trinajstić information content (AvgIpc) is 2.78. The molecule has 1 saturated heterocycles. The van der Waals surface area contributed by atoms with Crippen LogP contribution in [-0.2, 0) is 0 Å². The highest BCUT2D eigenvalue weighted by atomic mass is 19.1. The van der Waals surface area contributed by atoms with Crippen LogP contribution in [-0.4, -0.2) is 18.9 Å². The monoisotopic (exact) mass is 239 g/mol. The Morgan fingerprint density at radius 2 is 2.24 bits per heavy atom. The van der Waals surface area contributed by atoms with Gasteiger partial charge in [0.15, 0.2) is 5.78 Å². The fourth-order valence-electron chi connectivity index (χ4n) is 2.36. The van der Waals surface area contributed by atoms with Crippen molar-refractivity contribution in [1.82, 2.24) is 5.32 Å². The van der Waals surface area contributed by atoms with Crippen LogP contribution < -0.4 is 5.32 Å².